The van der Waals surface area contributed by atoms with E-state index in [4.69, 9.17) is 66.3 Å². The second-order valence-electron chi connectivity index (χ2n) is 24.0. The number of carbonyl (C=O) groups excluding carboxylic acids is 2. The van der Waals surface area contributed by atoms with Gasteiger partial charge in [0.1, 0.15) is 67.1 Å². The number of aliphatic hydroxyl groups excluding tert-OH is 1. The minimum Gasteiger partial charge on any atom is -0.454 e. The third kappa shape index (κ3) is 20.4. The van der Waals surface area contributed by atoms with Crippen molar-refractivity contribution in [2.24, 2.45) is 0 Å². The quantitative estimate of drug-likeness (QED) is 0.0368. The Morgan fingerprint density at radius 3 is 0.958 bits per heavy atom. The molecule has 3 fully saturated rings. The van der Waals surface area contributed by atoms with E-state index in [1.807, 2.05) is 243 Å². The van der Waals surface area contributed by atoms with Gasteiger partial charge in [0.05, 0.1) is 72.7 Å². The zero-order valence-corrected chi connectivity index (χ0v) is 54.0. The third-order valence-electron chi connectivity index (χ3n) is 16.7. The molecular formula is C78H85NO17. The van der Waals surface area contributed by atoms with E-state index in [-0.39, 0.29) is 72.7 Å². The fourth-order valence-electron chi connectivity index (χ4n) is 12.0. The molecule has 0 saturated carbocycles. The standard InChI is InChI=1S/C78H85NO17/c1-54(80)79-67-71(88-48-61-37-21-8-22-38-61)70(95-78-75(91-55(2)81)73(90-50-63-41-25-10-26-42-63)69(87-47-60-35-19-7-20-36-60)65(94-78)52-84-44-57-29-13-4-14-30-57)66(53-85-45-58-31-15-5-16-32-58)93-77(67)96-74-72(89-49-62-39-23-9-24-40-62)68(86-46-59-33-17-6-18-34-59)64(92-76(74)82)51-83-43-56-27-11-3-12-28-56/h3-42,64-78,82H,43-53H2,1-2H3,(H,79,80)/t64-,65-,66-,67-,68-,69+,70-,71-,72+,73+,74+,75-,76+,77+,78+/m1/s1. The fraction of sp³-hybridized carbons (Fsp3) is 0.359. The summed E-state index contributed by atoms with van der Waals surface area (Å²) in [6.45, 7) is 3.57. The lowest BCUT2D eigenvalue weighted by Gasteiger charge is -2.51. The van der Waals surface area contributed by atoms with Crippen molar-refractivity contribution in [1.29, 1.82) is 0 Å². The van der Waals surface area contributed by atoms with E-state index in [0.29, 0.717) is 0 Å². The second kappa shape index (κ2) is 36.5. The highest BCUT2D eigenvalue weighted by atomic mass is 16.8. The monoisotopic (exact) mass is 1310 g/mol. The van der Waals surface area contributed by atoms with Crippen LogP contribution in [0.1, 0.15) is 58.4 Å². The average Bonchev–Trinajstić information content (AvgIpc) is 0.771. The average molecular weight is 1310 g/mol. The van der Waals surface area contributed by atoms with Crippen LogP contribution in [0.5, 0.6) is 0 Å². The lowest BCUT2D eigenvalue weighted by atomic mass is 9.94. The molecule has 18 heteroatoms. The molecule has 8 aromatic carbocycles. The number of carbonyl (C=O) groups is 2. The number of aliphatic hydroxyl groups is 1. The Hall–Kier alpha value is -7.86. The highest BCUT2D eigenvalue weighted by molar-refractivity contribution is 5.73. The van der Waals surface area contributed by atoms with E-state index >= 15 is 0 Å². The van der Waals surface area contributed by atoms with Crippen molar-refractivity contribution in [3.05, 3.63) is 287 Å². The first-order valence-electron chi connectivity index (χ1n) is 32.7. The Kier molecular flexibility index (Phi) is 26.4. The molecule has 11 rings (SSSR count). The summed E-state index contributed by atoms with van der Waals surface area (Å²) in [6, 6.07) is 76.1. The fourth-order valence-corrected chi connectivity index (χ4v) is 12.0. The van der Waals surface area contributed by atoms with Gasteiger partial charge in [0.2, 0.25) is 5.91 Å². The van der Waals surface area contributed by atoms with E-state index in [9.17, 15) is 14.7 Å². The molecule has 0 spiro atoms. The summed E-state index contributed by atoms with van der Waals surface area (Å²) in [4.78, 5) is 27.8. The molecule has 3 aliphatic rings. The van der Waals surface area contributed by atoms with E-state index in [2.05, 4.69) is 5.32 Å². The summed E-state index contributed by atoms with van der Waals surface area (Å²) in [5, 5.41) is 15.7. The maximum Gasteiger partial charge on any atom is 0.303 e. The van der Waals surface area contributed by atoms with E-state index in [1.165, 1.54) is 13.8 Å². The number of nitrogens with one attached hydrogen (secondary N) is 1. The maximum atomic E-state index is 14.0. The number of amides is 1. The third-order valence-corrected chi connectivity index (χ3v) is 16.7. The topological polar surface area (TPSA) is 196 Å². The number of benzene rings is 8. The van der Waals surface area contributed by atoms with Gasteiger partial charge in [-0.3, -0.25) is 9.59 Å². The highest BCUT2D eigenvalue weighted by Crippen LogP contribution is 2.38. The van der Waals surface area contributed by atoms with Crippen molar-refractivity contribution in [1.82, 2.24) is 5.32 Å². The van der Waals surface area contributed by atoms with Crippen LogP contribution in [0, 0.1) is 0 Å². The molecule has 96 heavy (non-hydrogen) atoms. The van der Waals surface area contributed by atoms with E-state index in [1.54, 1.807) is 0 Å². The van der Waals surface area contributed by atoms with E-state index in [0.717, 1.165) is 44.5 Å². The minimum atomic E-state index is -1.69. The Bertz CT molecular complexity index is 3500. The maximum absolute atomic E-state index is 14.0. The van der Waals surface area contributed by atoms with Crippen molar-refractivity contribution < 1.29 is 81.0 Å². The van der Waals surface area contributed by atoms with Gasteiger partial charge in [0.25, 0.3) is 0 Å². The van der Waals surface area contributed by atoms with Crippen LogP contribution in [0.15, 0.2) is 243 Å². The lowest BCUT2D eigenvalue weighted by Crippen LogP contribution is -2.70. The molecule has 3 saturated heterocycles. The first-order chi connectivity index (χ1) is 47.2. The van der Waals surface area contributed by atoms with Crippen molar-refractivity contribution >= 4 is 11.9 Å². The lowest BCUT2D eigenvalue weighted by molar-refractivity contribution is -0.379. The van der Waals surface area contributed by atoms with Gasteiger partial charge >= 0.3 is 5.97 Å². The van der Waals surface area contributed by atoms with Gasteiger partial charge in [-0.05, 0) is 44.5 Å². The number of esters is 1. The van der Waals surface area contributed by atoms with Gasteiger partial charge in [0, 0.05) is 13.8 Å². The molecule has 0 bridgehead atoms. The minimum absolute atomic E-state index is 0.00263. The Balaban J connectivity index is 0.983. The van der Waals surface area contributed by atoms with Crippen molar-refractivity contribution in [2.75, 3.05) is 19.8 Å². The molecule has 0 unspecified atom stereocenters. The zero-order chi connectivity index (χ0) is 66.1. The molecule has 0 aliphatic carbocycles. The number of hydrogen-bond acceptors (Lipinski definition) is 17. The molecule has 0 radical (unpaired) electrons. The van der Waals surface area contributed by atoms with Crippen LogP contribution < -0.4 is 5.32 Å². The van der Waals surface area contributed by atoms with Crippen LogP contribution in [0.25, 0.3) is 0 Å². The van der Waals surface area contributed by atoms with Crippen LogP contribution >= 0.6 is 0 Å². The molecule has 8 aromatic rings. The molecular weight excluding hydrogens is 1220 g/mol. The van der Waals surface area contributed by atoms with Crippen LogP contribution in [0.4, 0.5) is 0 Å². The Labute approximate surface area is 561 Å². The van der Waals surface area contributed by atoms with Crippen LogP contribution in [-0.4, -0.2) is 129 Å². The first-order valence-corrected chi connectivity index (χ1v) is 32.7. The summed E-state index contributed by atoms with van der Waals surface area (Å²) < 4.78 is 96.3. The summed E-state index contributed by atoms with van der Waals surface area (Å²) >= 11 is 0. The SMILES string of the molecule is CC(=O)N[C@H]1[C@H](O[C@H]2[C@@H](OCc3ccccc3)[C@H](OCc3ccccc3)[C@@H](COCc3ccccc3)O[C@@H]2O)O[C@H](COCc2ccccc2)[C@@H](O[C@@H]2O[C@H](COCc3ccccc3)[C@H](OCc3ccccc3)[C@H](OCc3ccccc3)[C@H]2OC(C)=O)[C@@H]1OCc1ccccc1. The largest absolute Gasteiger partial charge is 0.454 e. The van der Waals surface area contributed by atoms with Gasteiger partial charge in [-0.25, -0.2) is 0 Å². The predicted molar refractivity (Wildman–Crippen MR) is 354 cm³/mol. The second-order valence-corrected chi connectivity index (χ2v) is 24.0. The van der Waals surface area contributed by atoms with Crippen molar-refractivity contribution in [2.45, 2.75) is 159 Å². The normalized spacial score (nSPS) is 25.8. The molecule has 0 aromatic heterocycles. The van der Waals surface area contributed by atoms with Gasteiger partial charge in [0.15, 0.2) is 25.0 Å². The van der Waals surface area contributed by atoms with Gasteiger partial charge < -0.3 is 76.7 Å². The number of rotatable bonds is 33. The van der Waals surface area contributed by atoms with E-state index < -0.39 is 104 Å². The molecule has 2 N–H and O–H groups in total. The molecule has 18 nitrogen and oxygen atoms in total. The zero-order valence-electron chi connectivity index (χ0n) is 54.0. The van der Waals surface area contributed by atoms with Crippen LogP contribution in [0.3, 0.4) is 0 Å². The number of hydrogen-bond donors (Lipinski definition) is 2. The Morgan fingerprint density at radius 1 is 0.333 bits per heavy atom. The molecule has 1 amide bonds. The smallest absolute Gasteiger partial charge is 0.303 e. The number of ether oxygens (including phenoxy) is 14. The van der Waals surface area contributed by atoms with Gasteiger partial charge in [-0.15, -0.1) is 0 Å². The van der Waals surface area contributed by atoms with Crippen molar-refractivity contribution in [3.8, 4) is 0 Å². The summed E-state index contributed by atoms with van der Waals surface area (Å²) in [7, 11) is 0. The summed E-state index contributed by atoms with van der Waals surface area (Å²) in [5.74, 6) is -1.13. The molecule has 504 valence electrons. The molecule has 3 heterocycles. The summed E-state index contributed by atoms with van der Waals surface area (Å²) in [6.07, 6.45) is -16.7. The molecule has 3 aliphatic heterocycles. The van der Waals surface area contributed by atoms with Gasteiger partial charge in [-0.1, -0.05) is 243 Å². The first kappa shape index (κ1) is 69.5. The van der Waals surface area contributed by atoms with Crippen molar-refractivity contribution in [3.63, 3.8) is 0 Å². The molecule has 15 atom stereocenters. The summed E-state index contributed by atoms with van der Waals surface area (Å²) in [5.41, 5.74) is 6.99. The Morgan fingerprint density at radius 2 is 0.615 bits per heavy atom. The highest BCUT2D eigenvalue weighted by Gasteiger charge is 2.57. The van der Waals surface area contributed by atoms with Crippen LogP contribution in [0.2, 0.25) is 0 Å². The predicted octanol–water partition coefficient (Wildman–Crippen LogP) is 10.9. The van der Waals surface area contributed by atoms with Crippen LogP contribution in [-0.2, 0) is 129 Å². The van der Waals surface area contributed by atoms with Gasteiger partial charge in [-0.2, -0.15) is 0 Å².